The van der Waals surface area contributed by atoms with Crippen LogP contribution >= 0.6 is 12.2 Å². The Labute approximate surface area is 106 Å². The van der Waals surface area contributed by atoms with Gasteiger partial charge in [0, 0.05) is 12.1 Å². The summed E-state index contributed by atoms with van der Waals surface area (Å²) in [5, 5.41) is 6.35. The van der Waals surface area contributed by atoms with Gasteiger partial charge < -0.3 is 10.1 Å². The van der Waals surface area contributed by atoms with Crippen molar-refractivity contribution < 1.29 is 9.84 Å². The standard InChI is InChI=1S/C12H15N3OS/c1-3-8-13-12(17)15-14-9-10-4-6-11(16-2)7-5-10/h3-7,9H,1,8H2,2H3,(H2,13,15,17)/p+1. The second-order valence-electron chi connectivity index (χ2n) is 3.19. The third-order valence-electron chi connectivity index (χ3n) is 1.95. The third kappa shape index (κ3) is 5.12. The van der Waals surface area contributed by atoms with E-state index in [0.717, 1.165) is 11.3 Å². The number of ether oxygens (including phenoxy) is 1. The van der Waals surface area contributed by atoms with Gasteiger partial charge >= 0.3 is 0 Å². The van der Waals surface area contributed by atoms with Gasteiger partial charge in [0.1, 0.15) is 5.75 Å². The highest BCUT2D eigenvalue weighted by atomic mass is 32.1. The Morgan fingerprint density at radius 3 is 2.76 bits per heavy atom. The van der Waals surface area contributed by atoms with Crippen LogP contribution in [0.2, 0.25) is 0 Å². The minimum Gasteiger partial charge on any atom is -0.497 e. The fraction of sp³-hybridized carbons (Fsp3) is 0.167. The SMILES string of the molecule is C=CCNC(=S)N[NH+]=Cc1ccc(OC)cc1. The Kier molecular flexibility index (Phi) is 5.74. The number of hydrogen-bond acceptors (Lipinski definition) is 2. The zero-order valence-corrected chi connectivity index (χ0v) is 10.5. The van der Waals surface area contributed by atoms with Crippen molar-refractivity contribution in [1.82, 2.24) is 10.7 Å². The van der Waals surface area contributed by atoms with Gasteiger partial charge in [0.2, 0.25) is 5.11 Å². The first kappa shape index (κ1) is 13.2. The van der Waals surface area contributed by atoms with Gasteiger partial charge in [0.15, 0.2) is 6.21 Å². The van der Waals surface area contributed by atoms with Crippen LogP contribution in [0.4, 0.5) is 0 Å². The lowest BCUT2D eigenvalue weighted by molar-refractivity contribution is -0.500. The molecular weight excluding hydrogens is 234 g/mol. The molecule has 0 spiro atoms. The molecule has 0 heterocycles. The maximum absolute atomic E-state index is 5.07. The van der Waals surface area contributed by atoms with Crippen LogP contribution in [0.5, 0.6) is 5.75 Å². The van der Waals surface area contributed by atoms with Crippen molar-refractivity contribution in [2.45, 2.75) is 0 Å². The van der Waals surface area contributed by atoms with Crippen LogP contribution in [0.1, 0.15) is 5.56 Å². The number of hydrogen-bond donors (Lipinski definition) is 3. The fourth-order valence-electron chi connectivity index (χ4n) is 1.09. The van der Waals surface area contributed by atoms with E-state index < -0.39 is 0 Å². The topological polar surface area (TPSA) is 47.3 Å². The van der Waals surface area contributed by atoms with E-state index >= 15 is 0 Å². The van der Waals surface area contributed by atoms with Gasteiger partial charge in [0.05, 0.1) is 7.11 Å². The summed E-state index contributed by atoms with van der Waals surface area (Å²) in [6.07, 6.45) is 3.54. The summed E-state index contributed by atoms with van der Waals surface area (Å²) >= 11 is 5.00. The van der Waals surface area contributed by atoms with Crippen LogP contribution in [0.25, 0.3) is 0 Å². The van der Waals surface area contributed by atoms with Crippen molar-refractivity contribution in [2.75, 3.05) is 13.7 Å². The minimum atomic E-state index is 0.523. The number of benzene rings is 1. The number of rotatable bonds is 5. The molecule has 3 N–H and O–H groups in total. The zero-order chi connectivity index (χ0) is 12.5. The van der Waals surface area contributed by atoms with Gasteiger partial charge in [-0.15, -0.1) is 17.1 Å². The summed E-state index contributed by atoms with van der Waals surface area (Å²) in [4.78, 5) is 0. The predicted molar refractivity (Wildman–Crippen MR) is 73.1 cm³/mol. The van der Waals surface area contributed by atoms with E-state index in [-0.39, 0.29) is 0 Å². The lowest BCUT2D eigenvalue weighted by Gasteiger charge is -1.99. The summed E-state index contributed by atoms with van der Waals surface area (Å²) in [6, 6.07) is 7.66. The highest BCUT2D eigenvalue weighted by Gasteiger charge is 1.95. The normalized spacial score (nSPS) is 9.94. The lowest BCUT2D eigenvalue weighted by Crippen LogP contribution is -2.82. The highest BCUT2D eigenvalue weighted by molar-refractivity contribution is 7.80. The van der Waals surface area contributed by atoms with Crippen LogP contribution in [0.15, 0.2) is 36.9 Å². The molecule has 0 aromatic heterocycles. The third-order valence-corrected chi connectivity index (χ3v) is 2.19. The van der Waals surface area contributed by atoms with Crippen molar-refractivity contribution in [3.63, 3.8) is 0 Å². The summed E-state index contributed by atoms with van der Waals surface area (Å²) in [6.45, 7) is 4.22. The summed E-state index contributed by atoms with van der Waals surface area (Å²) in [5.74, 6) is 0.832. The largest absolute Gasteiger partial charge is 0.497 e. The molecule has 0 aliphatic rings. The number of thiocarbonyl (C=S) groups is 1. The smallest absolute Gasteiger partial charge is 0.224 e. The van der Waals surface area contributed by atoms with E-state index in [1.54, 1.807) is 19.4 Å². The summed E-state index contributed by atoms with van der Waals surface area (Å²) in [5.41, 5.74) is 3.85. The molecule has 17 heavy (non-hydrogen) atoms. The number of nitrogens with one attached hydrogen (secondary N) is 3. The molecule has 1 aromatic rings. The second-order valence-corrected chi connectivity index (χ2v) is 3.59. The molecule has 0 bridgehead atoms. The Hall–Kier alpha value is -1.88. The van der Waals surface area contributed by atoms with Crippen molar-refractivity contribution in [3.8, 4) is 5.75 Å². The zero-order valence-electron chi connectivity index (χ0n) is 9.69. The number of methoxy groups -OCH3 is 1. The summed E-state index contributed by atoms with van der Waals surface area (Å²) < 4.78 is 5.07. The monoisotopic (exact) mass is 250 g/mol. The van der Waals surface area contributed by atoms with E-state index in [4.69, 9.17) is 17.0 Å². The molecule has 0 atom stereocenters. The molecule has 0 radical (unpaired) electrons. The van der Waals surface area contributed by atoms with E-state index in [2.05, 4.69) is 22.4 Å². The highest BCUT2D eigenvalue weighted by Crippen LogP contribution is 2.08. The van der Waals surface area contributed by atoms with Gasteiger partial charge in [-0.2, -0.15) is 0 Å². The molecule has 1 rings (SSSR count). The van der Waals surface area contributed by atoms with E-state index in [1.165, 1.54) is 0 Å². The van der Waals surface area contributed by atoms with E-state index in [1.807, 2.05) is 24.3 Å². The Morgan fingerprint density at radius 2 is 2.18 bits per heavy atom. The first-order valence-corrected chi connectivity index (χ1v) is 5.54. The number of hydrazone groups is 1. The van der Waals surface area contributed by atoms with Crippen LogP contribution in [-0.2, 0) is 0 Å². The minimum absolute atomic E-state index is 0.523. The predicted octanol–water partition coefficient (Wildman–Crippen LogP) is -0.240. The van der Waals surface area contributed by atoms with Gasteiger partial charge in [-0.05, 0) is 36.5 Å². The molecular formula is C12H16N3OS+. The van der Waals surface area contributed by atoms with Gasteiger partial charge in [-0.1, -0.05) is 6.08 Å². The quantitative estimate of drug-likeness (QED) is 0.292. The fourth-order valence-corrected chi connectivity index (χ4v) is 1.24. The molecule has 0 saturated heterocycles. The van der Waals surface area contributed by atoms with Crippen LogP contribution in [0, 0.1) is 0 Å². The second kappa shape index (κ2) is 7.40. The maximum Gasteiger partial charge on any atom is 0.224 e. The Bertz CT molecular complexity index is 401. The molecule has 5 heteroatoms. The first-order valence-electron chi connectivity index (χ1n) is 5.14. The van der Waals surface area contributed by atoms with Crippen LogP contribution in [0.3, 0.4) is 0 Å². The molecule has 1 aromatic carbocycles. The average molecular weight is 250 g/mol. The molecule has 0 saturated carbocycles. The van der Waals surface area contributed by atoms with E-state index in [0.29, 0.717) is 11.7 Å². The van der Waals surface area contributed by atoms with Gasteiger partial charge in [-0.25, -0.2) is 0 Å². The van der Waals surface area contributed by atoms with Crippen molar-refractivity contribution in [3.05, 3.63) is 42.5 Å². The lowest BCUT2D eigenvalue weighted by atomic mass is 10.2. The number of hydrazine groups is 1. The molecule has 0 fully saturated rings. The molecule has 0 aliphatic carbocycles. The van der Waals surface area contributed by atoms with Crippen LogP contribution in [-0.4, -0.2) is 25.0 Å². The molecule has 0 aliphatic heterocycles. The molecule has 0 amide bonds. The molecule has 90 valence electrons. The van der Waals surface area contributed by atoms with Crippen LogP contribution < -0.4 is 20.6 Å². The van der Waals surface area contributed by atoms with Gasteiger partial charge in [0.25, 0.3) is 0 Å². The van der Waals surface area contributed by atoms with Crippen molar-refractivity contribution in [2.24, 2.45) is 0 Å². The average Bonchev–Trinajstić information content (AvgIpc) is 2.37. The summed E-state index contributed by atoms with van der Waals surface area (Å²) in [7, 11) is 1.64. The Morgan fingerprint density at radius 1 is 1.47 bits per heavy atom. The van der Waals surface area contributed by atoms with Crippen molar-refractivity contribution in [1.29, 1.82) is 0 Å². The Balaban J connectivity index is 2.42. The molecule has 0 unspecified atom stereocenters. The molecule has 4 nitrogen and oxygen atoms in total. The first-order chi connectivity index (χ1) is 8.26. The van der Waals surface area contributed by atoms with Gasteiger partial charge in [-0.3, -0.25) is 0 Å². The van der Waals surface area contributed by atoms with Crippen molar-refractivity contribution >= 4 is 23.5 Å². The van der Waals surface area contributed by atoms with E-state index in [9.17, 15) is 0 Å². The maximum atomic E-state index is 5.07.